The quantitative estimate of drug-likeness (QED) is 0.847. The normalized spacial score (nSPS) is 19.6. The molecule has 1 unspecified atom stereocenters. The van der Waals surface area contributed by atoms with Crippen molar-refractivity contribution in [1.82, 2.24) is 10.6 Å². The Morgan fingerprint density at radius 2 is 2.53 bits per heavy atom. The molecule has 0 bridgehead atoms. The van der Waals surface area contributed by atoms with Crippen LogP contribution in [-0.2, 0) is 11.3 Å². The number of rotatable bonds is 3. The molecule has 0 aromatic carbocycles. The van der Waals surface area contributed by atoms with Crippen molar-refractivity contribution in [2.45, 2.75) is 13.0 Å². The van der Waals surface area contributed by atoms with Crippen LogP contribution >= 0.6 is 23.7 Å². The van der Waals surface area contributed by atoms with E-state index in [0.29, 0.717) is 6.54 Å². The predicted octanol–water partition coefficient (Wildman–Crippen LogP) is 1.40. The van der Waals surface area contributed by atoms with Crippen molar-refractivity contribution in [3.8, 4) is 0 Å². The Bertz CT molecular complexity index is 296. The van der Waals surface area contributed by atoms with Gasteiger partial charge in [-0.1, -0.05) is 6.07 Å². The largest absolute Gasteiger partial charge is 0.351 e. The fourth-order valence-corrected chi connectivity index (χ4v) is 2.25. The molecule has 2 heterocycles. The highest BCUT2D eigenvalue weighted by Crippen LogP contribution is 2.10. The third-order valence-corrected chi connectivity index (χ3v) is 3.32. The summed E-state index contributed by atoms with van der Waals surface area (Å²) in [6, 6.07) is 4.04. The van der Waals surface area contributed by atoms with E-state index in [-0.39, 0.29) is 24.2 Å². The maximum atomic E-state index is 11.6. The standard InChI is InChI=1S/C10H14N2OS.ClH/c13-10(8-3-4-11-6-8)12-7-9-2-1-5-14-9;/h1-2,5,8,11H,3-4,6-7H2,(H,12,13);1H. The van der Waals surface area contributed by atoms with Gasteiger partial charge in [0.15, 0.2) is 0 Å². The topological polar surface area (TPSA) is 41.1 Å². The van der Waals surface area contributed by atoms with Crippen molar-refractivity contribution < 1.29 is 4.79 Å². The molecule has 0 spiro atoms. The van der Waals surface area contributed by atoms with Crippen molar-refractivity contribution in [2.24, 2.45) is 5.92 Å². The van der Waals surface area contributed by atoms with E-state index in [1.807, 2.05) is 17.5 Å². The smallest absolute Gasteiger partial charge is 0.224 e. The Hall–Kier alpha value is -0.580. The number of nitrogens with one attached hydrogen (secondary N) is 2. The molecule has 5 heteroatoms. The lowest BCUT2D eigenvalue weighted by Gasteiger charge is -2.08. The average Bonchev–Trinajstić information content (AvgIpc) is 2.87. The van der Waals surface area contributed by atoms with E-state index in [2.05, 4.69) is 10.6 Å². The van der Waals surface area contributed by atoms with E-state index in [9.17, 15) is 4.79 Å². The first-order valence-electron chi connectivity index (χ1n) is 4.87. The Morgan fingerprint density at radius 1 is 1.67 bits per heavy atom. The predicted molar refractivity (Wildman–Crippen MR) is 64.4 cm³/mol. The van der Waals surface area contributed by atoms with Crippen LogP contribution in [0.5, 0.6) is 0 Å². The molecule has 1 aliphatic rings. The van der Waals surface area contributed by atoms with Gasteiger partial charge in [-0.15, -0.1) is 23.7 Å². The monoisotopic (exact) mass is 246 g/mol. The van der Waals surface area contributed by atoms with Gasteiger partial charge in [0.05, 0.1) is 12.5 Å². The summed E-state index contributed by atoms with van der Waals surface area (Å²) >= 11 is 1.68. The van der Waals surface area contributed by atoms with E-state index in [0.717, 1.165) is 19.5 Å². The van der Waals surface area contributed by atoms with E-state index < -0.39 is 0 Å². The zero-order valence-electron chi connectivity index (χ0n) is 8.36. The lowest BCUT2D eigenvalue weighted by Crippen LogP contribution is -2.31. The van der Waals surface area contributed by atoms with Crippen molar-refractivity contribution in [3.63, 3.8) is 0 Å². The molecule has 2 rings (SSSR count). The summed E-state index contributed by atoms with van der Waals surface area (Å²) in [7, 11) is 0. The molecule has 1 fully saturated rings. The number of hydrogen-bond acceptors (Lipinski definition) is 3. The van der Waals surface area contributed by atoms with Crippen LogP contribution in [0.2, 0.25) is 0 Å². The van der Waals surface area contributed by atoms with Crippen LogP contribution in [-0.4, -0.2) is 19.0 Å². The van der Waals surface area contributed by atoms with Crippen LogP contribution < -0.4 is 10.6 Å². The van der Waals surface area contributed by atoms with Gasteiger partial charge in [-0.3, -0.25) is 4.79 Å². The maximum absolute atomic E-state index is 11.6. The van der Waals surface area contributed by atoms with E-state index in [1.165, 1.54) is 4.88 Å². The molecule has 15 heavy (non-hydrogen) atoms. The first-order valence-corrected chi connectivity index (χ1v) is 5.75. The second kappa shape index (κ2) is 6.10. The third-order valence-electron chi connectivity index (χ3n) is 2.45. The molecule has 1 atom stereocenters. The van der Waals surface area contributed by atoms with E-state index in [4.69, 9.17) is 0 Å². The molecule has 84 valence electrons. The average molecular weight is 247 g/mol. The third kappa shape index (κ3) is 3.48. The zero-order valence-corrected chi connectivity index (χ0v) is 10.00. The van der Waals surface area contributed by atoms with E-state index in [1.54, 1.807) is 11.3 Å². The molecule has 1 amide bonds. The van der Waals surface area contributed by atoms with Crippen molar-refractivity contribution in [3.05, 3.63) is 22.4 Å². The van der Waals surface area contributed by atoms with Crippen molar-refractivity contribution >= 4 is 29.7 Å². The zero-order chi connectivity index (χ0) is 9.80. The molecule has 2 N–H and O–H groups in total. The molecular formula is C10H15ClN2OS. The van der Waals surface area contributed by atoms with Crippen LogP contribution in [0.1, 0.15) is 11.3 Å². The number of halogens is 1. The van der Waals surface area contributed by atoms with Gasteiger partial charge in [-0.05, 0) is 24.4 Å². The summed E-state index contributed by atoms with van der Waals surface area (Å²) in [6.07, 6.45) is 0.969. The van der Waals surface area contributed by atoms with Gasteiger partial charge in [0.1, 0.15) is 0 Å². The molecule has 1 aromatic heterocycles. The van der Waals surface area contributed by atoms with Crippen LogP contribution in [0.15, 0.2) is 17.5 Å². The molecule has 0 saturated carbocycles. The summed E-state index contributed by atoms with van der Waals surface area (Å²) in [5.74, 6) is 0.360. The minimum Gasteiger partial charge on any atom is -0.351 e. The van der Waals surface area contributed by atoms with Gasteiger partial charge in [0.25, 0.3) is 0 Å². The van der Waals surface area contributed by atoms with Gasteiger partial charge < -0.3 is 10.6 Å². The Morgan fingerprint density at radius 3 is 3.13 bits per heavy atom. The summed E-state index contributed by atoms with van der Waals surface area (Å²) in [6.45, 7) is 2.47. The second-order valence-electron chi connectivity index (χ2n) is 3.49. The number of carbonyl (C=O) groups is 1. The lowest BCUT2D eigenvalue weighted by atomic mass is 10.1. The van der Waals surface area contributed by atoms with Gasteiger partial charge in [0, 0.05) is 11.4 Å². The van der Waals surface area contributed by atoms with Gasteiger partial charge >= 0.3 is 0 Å². The minimum absolute atomic E-state index is 0. The van der Waals surface area contributed by atoms with Crippen molar-refractivity contribution in [1.29, 1.82) is 0 Å². The minimum atomic E-state index is 0. The Balaban J connectivity index is 0.00000112. The SMILES string of the molecule is Cl.O=C(NCc1cccs1)C1CCNC1. The maximum Gasteiger partial charge on any atom is 0.224 e. The lowest BCUT2D eigenvalue weighted by molar-refractivity contribution is -0.124. The highest BCUT2D eigenvalue weighted by Gasteiger charge is 2.21. The van der Waals surface area contributed by atoms with Gasteiger partial charge in [0.2, 0.25) is 5.91 Å². The van der Waals surface area contributed by atoms with Gasteiger partial charge in [-0.2, -0.15) is 0 Å². The summed E-state index contributed by atoms with van der Waals surface area (Å²) in [4.78, 5) is 12.8. The number of thiophene rings is 1. The molecule has 1 aromatic rings. The second-order valence-corrected chi connectivity index (χ2v) is 4.52. The summed E-state index contributed by atoms with van der Waals surface area (Å²) in [5.41, 5.74) is 0. The molecule has 1 saturated heterocycles. The summed E-state index contributed by atoms with van der Waals surface area (Å²) < 4.78 is 0. The van der Waals surface area contributed by atoms with Gasteiger partial charge in [-0.25, -0.2) is 0 Å². The molecule has 0 radical (unpaired) electrons. The Labute approximate surface area is 99.7 Å². The molecule has 1 aliphatic heterocycles. The first kappa shape index (κ1) is 12.5. The highest BCUT2D eigenvalue weighted by atomic mass is 35.5. The fraction of sp³-hybridized carbons (Fsp3) is 0.500. The first-order chi connectivity index (χ1) is 6.86. The van der Waals surface area contributed by atoms with Crippen molar-refractivity contribution in [2.75, 3.05) is 13.1 Å². The fourth-order valence-electron chi connectivity index (χ4n) is 1.61. The van der Waals surface area contributed by atoms with Crippen LogP contribution in [0.25, 0.3) is 0 Å². The van der Waals surface area contributed by atoms with E-state index >= 15 is 0 Å². The van der Waals surface area contributed by atoms with Crippen LogP contribution in [0.4, 0.5) is 0 Å². The number of carbonyl (C=O) groups excluding carboxylic acids is 1. The Kier molecular flexibility index (Phi) is 5.08. The van der Waals surface area contributed by atoms with Crippen LogP contribution in [0, 0.1) is 5.92 Å². The highest BCUT2D eigenvalue weighted by molar-refractivity contribution is 7.09. The number of amides is 1. The van der Waals surface area contributed by atoms with Crippen LogP contribution in [0.3, 0.4) is 0 Å². The molecule has 0 aliphatic carbocycles. The molecule has 3 nitrogen and oxygen atoms in total. The summed E-state index contributed by atoms with van der Waals surface area (Å²) in [5, 5.41) is 8.17. The number of hydrogen-bond donors (Lipinski definition) is 2. The molecular weight excluding hydrogens is 232 g/mol.